The smallest absolute Gasteiger partial charge is 0.123 e. The predicted octanol–water partition coefficient (Wildman–Crippen LogP) is 2.03. The average molecular weight is 253 g/mol. The van der Waals surface area contributed by atoms with E-state index in [1.54, 1.807) is 19.2 Å². The summed E-state index contributed by atoms with van der Waals surface area (Å²) in [6, 6.07) is 4.87. The molecule has 1 fully saturated rings. The van der Waals surface area contributed by atoms with E-state index in [-0.39, 0.29) is 11.4 Å². The van der Waals surface area contributed by atoms with E-state index >= 15 is 0 Å². The lowest BCUT2D eigenvalue weighted by molar-refractivity contribution is -0.0159. The quantitative estimate of drug-likeness (QED) is 0.871. The van der Waals surface area contributed by atoms with E-state index in [0.29, 0.717) is 13.2 Å². The van der Waals surface area contributed by atoms with E-state index in [4.69, 9.17) is 9.47 Å². The monoisotopic (exact) mass is 253 g/mol. The SMILES string of the molecule is COC1(CNCc2cc(F)ccc2C)CCOC1. The third-order valence-corrected chi connectivity index (χ3v) is 3.57. The summed E-state index contributed by atoms with van der Waals surface area (Å²) >= 11 is 0. The molecule has 4 heteroatoms. The molecule has 1 atom stereocenters. The largest absolute Gasteiger partial charge is 0.378 e. The van der Waals surface area contributed by atoms with E-state index in [2.05, 4.69) is 5.32 Å². The summed E-state index contributed by atoms with van der Waals surface area (Å²) in [7, 11) is 1.71. The zero-order valence-electron chi connectivity index (χ0n) is 11.0. The molecule has 0 radical (unpaired) electrons. The van der Waals surface area contributed by atoms with Crippen LogP contribution in [0.2, 0.25) is 0 Å². The molecule has 1 unspecified atom stereocenters. The van der Waals surface area contributed by atoms with Crippen molar-refractivity contribution in [2.45, 2.75) is 25.5 Å². The maximum Gasteiger partial charge on any atom is 0.123 e. The Morgan fingerprint density at radius 2 is 2.33 bits per heavy atom. The molecule has 0 amide bonds. The van der Waals surface area contributed by atoms with Crippen LogP contribution in [0.4, 0.5) is 4.39 Å². The number of nitrogens with one attached hydrogen (secondary N) is 1. The minimum absolute atomic E-state index is 0.192. The second-order valence-electron chi connectivity index (χ2n) is 4.86. The van der Waals surface area contributed by atoms with Crippen LogP contribution < -0.4 is 5.32 Å². The van der Waals surface area contributed by atoms with Crippen LogP contribution in [0.1, 0.15) is 17.5 Å². The van der Waals surface area contributed by atoms with Gasteiger partial charge in [-0.15, -0.1) is 0 Å². The fourth-order valence-corrected chi connectivity index (χ4v) is 2.22. The molecule has 1 aromatic rings. The Morgan fingerprint density at radius 3 is 3.00 bits per heavy atom. The molecule has 1 aliphatic rings. The van der Waals surface area contributed by atoms with Crippen molar-refractivity contribution < 1.29 is 13.9 Å². The summed E-state index contributed by atoms with van der Waals surface area (Å²) in [5, 5.41) is 3.33. The summed E-state index contributed by atoms with van der Waals surface area (Å²) in [6.45, 7) is 4.72. The first-order valence-corrected chi connectivity index (χ1v) is 6.24. The van der Waals surface area contributed by atoms with Gasteiger partial charge in [0.15, 0.2) is 0 Å². The van der Waals surface area contributed by atoms with Gasteiger partial charge in [-0.3, -0.25) is 0 Å². The van der Waals surface area contributed by atoms with Crippen molar-refractivity contribution >= 4 is 0 Å². The van der Waals surface area contributed by atoms with Gasteiger partial charge in [0.1, 0.15) is 11.4 Å². The fourth-order valence-electron chi connectivity index (χ4n) is 2.22. The highest BCUT2D eigenvalue weighted by molar-refractivity contribution is 5.26. The molecule has 1 saturated heterocycles. The zero-order valence-corrected chi connectivity index (χ0v) is 11.0. The second-order valence-corrected chi connectivity index (χ2v) is 4.86. The second kappa shape index (κ2) is 5.78. The van der Waals surface area contributed by atoms with Crippen molar-refractivity contribution in [1.29, 1.82) is 0 Å². The number of ether oxygens (including phenoxy) is 2. The lowest BCUT2D eigenvalue weighted by atomic mass is 10.0. The van der Waals surface area contributed by atoms with E-state index in [1.807, 2.05) is 6.92 Å². The van der Waals surface area contributed by atoms with Gasteiger partial charge in [-0.1, -0.05) is 6.07 Å². The first kappa shape index (κ1) is 13.5. The number of rotatable bonds is 5. The molecule has 3 nitrogen and oxygen atoms in total. The summed E-state index contributed by atoms with van der Waals surface area (Å²) in [5.74, 6) is -0.192. The van der Waals surface area contributed by atoms with Crippen LogP contribution in [0.25, 0.3) is 0 Å². The van der Waals surface area contributed by atoms with Gasteiger partial charge >= 0.3 is 0 Å². The molecule has 1 aromatic carbocycles. The summed E-state index contributed by atoms with van der Waals surface area (Å²) < 4.78 is 24.0. The predicted molar refractivity (Wildman–Crippen MR) is 68.0 cm³/mol. The number of halogens is 1. The van der Waals surface area contributed by atoms with Gasteiger partial charge in [0.25, 0.3) is 0 Å². The van der Waals surface area contributed by atoms with Crippen molar-refractivity contribution in [1.82, 2.24) is 5.32 Å². The first-order valence-electron chi connectivity index (χ1n) is 6.24. The van der Waals surface area contributed by atoms with E-state index in [1.165, 1.54) is 6.07 Å². The number of benzene rings is 1. The van der Waals surface area contributed by atoms with Crippen LogP contribution in [-0.2, 0) is 16.0 Å². The molecule has 2 rings (SSSR count). The number of hydrogen-bond donors (Lipinski definition) is 1. The lowest BCUT2D eigenvalue weighted by Gasteiger charge is -2.26. The topological polar surface area (TPSA) is 30.5 Å². The molecule has 1 aliphatic heterocycles. The summed E-state index contributed by atoms with van der Waals surface area (Å²) in [6.07, 6.45) is 0.901. The van der Waals surface area contributed by atoms with Gasteiger partial charge in [0.05, 0.1) is 6.61 Å². The highest BCUT2D eigenvalue weighted by Crippen LogP contribution is 2.21. The minimum Gasteiger partial charge on any atom is -0.378 e. The molecular formula is C14H20FNO2. The Hall–Kier alpha value is -0.970. The van der Waals surface area contributed by atoms with Crippen LogP contribution in [0.5, 0.6) is 0 Å². The highest BCUT2D eigenvalue weighted by atomic mass is 19.1. The van der Waals surface area contributed by atoms with Crippen LogP contribution in [0.3, 0.4) is 0 Å². The van der Waals surface area contributed by atoms with Crippen LogP contribution >= 0.6 is 0 Å². The number of aryl methyl sites for hydroxylation is 1. The van der Waals surface area contributed by atoms with Crippen molar-refractivity contribution in [3.05, 3.63) is 35.1 Å². The minimum atomic E-state index is -0.221. The van der Waals surface area contributed by atoms with E-state index in [0.717, 1.165) is 30.7 Å². The Labute approximate surface area is 107 Å². The zero-order chi connectivity index (χ0) is 13.0. The van der Waals surface area contributed by atoms with E-state index in [9.17, 15) is 4.39 Å². The average Bonchev–Trinajstić information content (AvgIpc) is 2.83. The van der Waals surface area contributed by atoms with Crippen LogP contribution in [-0.4, -0.2) is 32.5 Å². The Kier molecular flexibility index (Phi) is 4.32. The van der Waals surface area contributed by atoms with Gasteiger partial charge in [-0.25, -0.2) is 4.39 Å². The Balaban J connectivity index is 1.89. The van der Waals surface area contributed by atoms with Gasteiger partial charge in [-0.2, -0.15) is 0 Å². The van der Waals surface area contributed by atoms with Gasteiger partial charge in [-0.05, 0) is 30.2 Å². The van der Waals surface area contributed by atoms with Crippen LogP contribution in [0, 0.1) is 12.7 Å². The lowest BCUT2D eigenvalue weighted by Crippen LogP contribution is -2.42. The Morgan fingerprint density at radius 1 is 1.50 bits per heavy atom. The molecule has 0 aliphatic carbocycles. The van der Waals surface area contributed by atoms with Gasteiger partial charge < -0.3 is 14.8 Å². The molecule has 0 saturated carbocycles. The molecule has 0 spiro atoms. The van der Waals surface area contributed by atoms with Crippen molar-refractivity contribution in [2.24, 2.45) is 0 Å². The third kappa shape index (κ3) is 3.07. The molecule has 0 aromatic heterocycles. The third-order valence-electron chi connectivity index (χ3n) is 3.57. The molecule has 18 heavy (non-hydrogen) atoms. The van der Waals surface area contributed by atoms with E-state index < -0.39 is 0 Å². The standard InChI is InChI=1S/C14H20FNO2/c1-11-3-4-13(15)7-12(11)8-16-9-14(17-2)5-6-18-10-14/h3-4,7,16H,5-6,8-10H2,1-2H3. The fraction of sp³-hybridized carbons (Fsp3) is 0.571. The molecular weight excluding hydrogens is 233 g/mol. The van der Waals surface area contributed by atoms with Gasteiger partial charge in [0.2, 0.25) is 0 Å². The number of methoxy groups -OCH3 is 1. The van der Waals surface area contributed by atoms with Crippen molar-refractivity contribution in [3.8, 4) is 0 Å². The van der Waals surface area contributed by atoms with Gasteiger partial charge in [0, 0.05) is 33.2 Å². The maximum absolute atomic E-state index is 13.1. The van der Waals surface area contributed by atoms with Crippen molar-refractivity contribution in [2.75, 3.05) is 26.9 Å². The summed E-state index contributed by atoms with van der Waals surface area (Å²) in [4.78, 5) is 0. The normalized spacial score (nSPS) is 23.5. The molecule has 1 N–H and O–H groups in total. The first-order chi connectivity index (χ1) is 8.65. The summed E-state index contributed by atoms with van der Waals surface area (Å²) in [5.41, 5.74) is 1.86. The van der Waals surface area contributed by atoms with Crippen molar-refractivity contribution in [3.63, 3.8) is 0 Å². The maximum atomic E-state index is 13.1. The molecule has 100 valence electrons. The Bertz CT molecular complexity index is 403. The highest BCUT2D eigenvalue weighted by Gasteiger charge is 2.34. The van der Waals surface area contributed by atoms with Crippen LogP contribution in [0.15, 0.2) is 18.2 Å². The molecule has 0 bridgehead atoms. The number of hydrogen-bond acceptors (Lipinski definition) is 3. The molecule has 1 heterocycles.